The fourth-order valence-electron chi connectivity index (χ4n) is 3.35. The molecule has 31 heavy (non-hydrogen) atoms. The van der Waals surface area contributed by atoms with Gasteiger partial charge in [-0.1, -0.05) is 24.3 Å². The first-order valence-electron chi connectivity index (χ1n) is 9.47. The van der Waals surface area contributed by atoms with E-state index < -0.39 is 11.0 Å². The van der Waals surface area contributed by atoms with Crippen LogP contribution in [0.4, 0.5) is 10.1 Å². The fourth-order valence-corrected chi connectivity index (χ4v) is 4.78. The van der Waals surface area contributed by atoms with Crippen LogP contribution in [-0.4, -0.2) is 32.6 Å². The summed E-state index contributed by atoms with van der Waals surface area (Å²) in [6.07, 6.45) is 0.325. The number of hydrogen-bond acceptors (Lipinski definition) is 4. The molecule has 0 aromatic heterocycles. The molecule has 0 aliphatic rings. The molecule has 0 spiro atoms. The summed E-state index contributed by atoms with van der Waals surface area (Å²) in [4.78, 5) is 0.537. The van der Waals surface area contributed by atoms with E-state index in [-0.39, 0.29) is 5.82 Å². The molecule has 0 aliphatic heterocycles. The van der Waals surface area contributed by atoms with Gasteiger partial charge in [0.25, 0.3) is 0 Å². The second-order valence-electron chi connectivity index (χ2n) is 6.72. The highest BCUT2D eigenvalue weighted by atomic mass is 32.2. The molecule has 5 nitrogen and oxygen atoms in total. The lowest BCUT2D eigenvalue weighted by atomic mass is 10.0. The molecule has 3 aromatic rings. The average molecular weight is 461 g/mol. The second kappa shape index (κ2) is 10.1. The van der Waals surface area contributed by atoms with Crippen LogP contribution in [-0.2, 0) is 17.4 Å². The van der Waals surface area contributed by atoms with E-state index in [1.54, 1.807) is 55.9 Å². The predicted octanol–water partition coefficient (Wildman–Crippen LogP) is 4.10. The highest BCUT2D eigenvalue weighted by molar-refractivity contribution is 7.86. The lowest BCUT2D eigenvalue weighted by molar-refractivity contribution is 0.354. The van der Waals surface area contributed by atoms with Gasteiger partial charge in [-0.25, -0.2) is 8.60 Å². The second-order valence-corrected chi connectivity index (χ2v) is 8.86. The van der Waals surface area contributed by atoms with Gasteiger partial charge in [0.2, 0.25) is 0 Å². The average Bonchev–Trinajstić information content (AvgIpc) is 2.79. The van der Waals surface area contributed by atoms with Crippen molar-refractivity contribution in [3.63, 3.8) is 0 Å². The van der Waals surface area contributed by atoms with Gasteiger partial charge in [0, 0.05) is 19.5 Å². The number of anilines is 1. The molecule has 0 fully saturated rings. The zero-order chi connectivity index (χ0) is 22.5. The van der Waals surface area contributed by atoms with Crippen molar-refractivity contribution in [1.82, 2.24) is 0 Å². The van der Waals surface area contributed by atoms with Crippen molar-refractivity contribution < 1.29 is 22.8 Å². The molecular weight excluding hydrogens is 436 g/mol. The van der Waals surface area contributed by atoms with Crippen LogP contribution in [0.15, 0.2) is 59.5 Å². The Morgan fingerprint density at radius 2 is 1.61 bits per heavy atom. The minimum atomic E-state index is -1.57. The van der Waals surface area contributed by atoms with E-state index in [0.29, 0.717) is 39.8 Å². The number of para-hydroxylation sites is 1. The standard InChI is InChI=1S/C23H25FNO4PS/c1-25(31(26)16-11-12-19(27-2)21(14-16)29-4)23-15(7-5-9-20(23)28-3)13-17-18(24)8-6-10-22(17)30/h5-12,14H,13,30H2,1-4H3. The van der Waals surface area contributed by atoms with Crippen LogP contribution in [0.5, 0.6) is 17.2 Å². The third kappa shape index (κ3) is 4.83. The molecule has 8 heteroatoms. The largest absolute Gasteiger partial charge is 0.495 e. The highest BCUT2D eigenvalue weighted by Crippen LogP contribution is 2.36. The van der Waals surface area contributed by atoms with Crippen molar-refractivity contribution >= 4 is 31.2 Å². The van der Waals surface area contributed by atoms with Gasteiger partial charge in [0.05, 0.1) is 31.9 Å². The maximum Gasteiger partial charge on any atom is 0.161 e. The number of halogens is 1. The van der Waals surface area contributed by atoms with Crippen LogP contribution < -0.4 is 23.8 Å². The third-order valence-electron chi connectivity index (χ3n) is 4.95. The summed E-state index contributed by atoms with van der Waals surface area (Å²) >= 11 is 0. The summed E-state index contributed by atoms with van der Waals surface area (Å²) < 4.78 is 45.7. The van der Waals surface area contributed by atoms with Gasteiger partial charge >= 0.3 is 0 Å². The Kier molecular flexibility index (Phi) is 7.52. The molecule has 0 bridgehead atoms. The van der Waals surface area contributed by atoms with Crippen molar-refractivity contribution in [2.45, 2.75) is 11.3 Å². The molecule has 0 radical (unpaired) electrons. The molecule has 0 heterocycles. The Bertz CT molecular complexity index is 1090. The Morgan fingerprint density at radius 3 is 2.26 bits per heavy atom. The summed E-state index contributed by atoms with van der Waals surface area (Å²) in [6, 6.07) is 15.6. The van der Waals surface area contributed by atoms with Crippen molar-refractivity contribution in [2.24, 2.45) is 0 Å². The van der Waals surface area contributed by atoms with Gasteiger partial charge in [-0.3, -0.25) is 4.31 Å². The zero-order valence-electron chi connectivity index (χ0n) is 17.8. The summed E-state index contributed by atoms with van der Waals surface area (Å²) in [5, 5.41) is 0.775. The maximum absolute atomic E-state index is 14.5. The summed E-state index contributed by atoms with van der Waals surface area (Å²) in [6.45, 7) is 0. The topological polar surface area (TPSA) is 48.0 Å². The zero-order valence-corrected chi connectivity index (χ0v) is 19.8. The number of nitrogens with zero attached hydrogens (tertiary/aromatic N) is 1. The maximum atomic E-state index is 14.5. The molecule has 3 rings (SSSR count). The monoisotopic (exact) mass is 461 g/mol. The van der Waals surface area contributed by atoms with Gasteiger partial charge < -0.3 is 14.2 Å². The van der Waals surface area contributed by atoms with Gasteiger partial charge in [-0.2, -0.15) is 0 Å². The van der Waals surface area contributed by atoms with Crippen molar-refractivity contribution in [3.8, 4) is 17.2 Å². The molecule has 0 aliphatic carbocycles. The van der Waals surface area contributed by atoms with Gasteiger partial charge in [0.15, 0.2) is 22.5 Å². The minimum absolute atomic E-state index is 0.287. The highest BCUT2D eigenvalue weighted by Gasteiger charge is 2.22. The van der Waals surface area contributed by atoms with Gasteiger partial charge in [0.1, 0.15) is 11.6 Å². The molecule has 0 amide bonds. The first-order chi connectivity index (χ1) is 14.9. The van der Waals surface area contributed by atoms with E-state index >= 15 is 0 Å². The normalized spacial score (nSPS) is 11.7. The molecule has 0 N–H and O–H groups in total. The van der Waals surface area contributed by atoms with E-state index in [2.05, 4.69) is 9.24 Å². The predicted molar refractivity (Wildman–Crippen MR) is 126 cm³/mol. The van der Waals surface area contributed by atoms with Crippen LogP contribution in [0, 0.1) is 5.82 Å². The first-order valence-corrected chi connectivity index (χ1v) is 11.2. The minimum Gasteiger partial charge on any atom is -0.495 e. The molecule has 0 saturated carbocycles. The van der Waals surface area contributed by atoms with Crippen LogP contribution >= 0.6 is 9.24 Å². The summed E-state index contributed by atoms with van der Waals surface area (Å²) in [5.74, 6) is 1.30. The molecular formula is C23H25FNO4PS. The van der Waals surface area contributed by atoms with E-state index in [1.807, 2.05) is 18.2 Å². The Morgan fingerprint density at radius 1 is 0.935 bits per heavy atom. The molecule has 164 valence electrons. The molecule has 2 atom stereocenters. The smallest absolute Gasteiger partial charge is 0.161 e. The summed E-state index contributed by atoms with van der Waals surface area (Å²) in [7, 11) is 7.34. The third-order valence-corrected chi connectivity index (χ3v) is 6.82. The van der Waals surface area contributed by atoms with Gasteiger partial charge in [-0.15, -0.1) is 9.24 Å². The number of benzene rings is 3. The van der Waals surface area contributed by atoms with Crippen molar-refractivity contribution in [1.29, 1.82) is 0 Å². The van der Waals surface area contributed by atoms with E-state index in [4.69, 9.17) is 14.2 Å². The van der Waals surface area contributed by atoms with E-state index in [0.717, 1.165) is 10.9 Å². The Labute approximate surface area is 186 Å². The molecule has 2 unspecified atom stereocenters. The van der Waals surface area contributed by atoms with E-state index in [1.165, 1.54) is 13.2 Å². The van der Waals surface area contributed by atoms with Crippen molar-refractivity contribution in [2.75, 3.05) is 32.7 Å². The van der Waals surface area contributed by atoms with Crippen LogP contribution in [0.3, 0.4) is 0 Å². The number of methoxy groups -OCH3 is 3. The first kappa shape index (κ1) is 23.0. The lowest BCUT2D eigenvalue weighted by Gasteiger charge is -2.24. The lowest BCUT2D eigenvalue weighted by Crippen LogP contribution is -2.23. The van der Waals surface area contributed by atoms with Crippen LogP contribution in [0.1, 0.15) is 11.1 Å². The number of ether oxygens (including phenoxy) is 3. The molecule has 0 saturated heterocycles. The van der Waals surface area contributed by atoms with Crippen LogP contribution in [0.2, 0.25) is 0 Å². The molecule has 3 aromatic carbocycles. The summed E-state index contributed by atoms with van der Waals surface area (Å²) in [5.41, 5.74) is 1.99. The van der Waals surface area contributed by atoms with Crippen LogP contribution in [0.25, 0.3) is 0 Å². The van der Waals surface area contributed by atoms with Gasteiger partial charge in [-0.05, 0) is 40.7 Å². The Hall–Kier alpha value is -2.63. The number of hydrogen-bond donors (Lipinski definition) is 0. The van der Waals surface area contributed by atoms with E-state index in [9.17, 15) is 8.60 Å². The quantitative estimate of drug-likeness (QED) is 0.474. The van der Waals surface area contributed by atoms with Crippen molar-refractivity contribution in [3.05, 3.63) is 71.5 Å². The number of rotatable bonds is 8. The Balaban J connectivity index is 2.04. The fraction of sp³-hybridized carbons (Fsp3) is 0.217. The SMILES string of the molecule is COc1ccc(S(=O)N(C)c2c(Cc3c(F)cccc3P)cccc2OC)cc1OC.